The van der Waals surface area contributed by atoms with Crippen LogP contribution in [0.25, 0.3) is 0 Å². The fourth-order valence-corrected chi connectivity index (χ4v) is 3.94. The van der Waals surface area contributed by atoms with E-state index < -0.39 is 0 Å². The van der Waals surface area contributed by atoms with Crippen LogP contribution in [0, 0.1) is 0 Å². The Hall–Kier alpha value is -2.52. The molecular weight excluding hydrogens is 440 g/mol. The van der Waals surface area contributed by atoms with Gasteiger partial charge in [0.05, 0.1) is 34.0 Å². The quantitative estimate of drug-likeness (QED) is 0.278. The van der Waals surface area contributed by atoms with Crippen LogP contribution in [0.1, 0.15) is 45.1 Å². The van der Waals surface area contributed by atoms with E-state index in [1.54, 1.807) is 21.1 Å². The van der Waals surface area contributed by atoms with Crippen LogP contribution in [0.3, 0.4) is 0 Å². The van der Waals surface area contributed by atoms with E-state index in [-0.39, 0.29) is 11.9 Å². The van der Waals surface area contributed by atoms with Gasteiger partial charge in [-0.25, -0.2) is 0 Å². The molecule has 0 aliphatic carbocycles. The van der Waals surface area contributed by atoms with Gasteiger partial charge in [0.2, 0.25) is 5.75 Å². The molecule has 34 heavy (non-hydrogen) atoms. The molecule has 0 aromatic heterocycles. The molecule has 1 aromatic carbocycles. The van der Waals surface area contributed by atoms with Crippen molar-refractivity contribution in [2.45, 2.75) is 46.1 Å². The highest BCUT2D eigenvalue weighted by Crippen LogP contribution is 2.40. The molecule has 9 heteroatoms. The second kappa shape index (κ2) is 15.4. The van der Waals surface area contributed by atoms with Crippen molar-refractivity contribution >= 4 is 11.9 Å². The summed E-state index contributed by atoms with van der Waals surface area (Å²) < 4.78 is 27.1. The van der Waals surface area contributed by atoms with Crippen LogP contribution >= 0.6 is 0 Å². The normalized spacial score (nSPS) is 14.5. The Labute approximate surface area is 203 Å². The molecule has 1 heterocycles. The van der Waals surface area contributed by atoms with E-state index in [9.17, 15) is 9.59 Å². The van der Waals surface area contributed by atoms with Gasteiger partial charge in [0.1, 0.15) is 0 Å². The number of piperazine rings is 1. The summed E-state index contributed by atoms with van der Waals surface area (Å²) in [4.78, 5) is 27.9. The fraction of sp³-hybridized carbons (Fsp3) is 0.680. The molecule has 0 atom stereocenters. The van der Waals surface area contributed by atoms with Gasteiger partial charge in [-0.3, -0.25) is 14.5 Å². The van der Waals surface area contributed by atoms with Gasteiger partial charge in [-0.05, 0) is 39.3 Å². The first kappa shape index (κ1) is 27.7. The van der Waals surface area contributed by atoms with Crippen molar-refractivity contribution in [2.24, 2.45) is 0 Å². The minimum atomic E-state index is -0.218. The molecule has 2 rings (SSSR count). The summed E-state index contributed by atoms with van der Waals surface area (Å²) in [5, 5.41) is 0. The lowest BCUT2D eigenvalue weighted by Gasteiger charge is -2.35. The van der Waals surface area contributed by atoms with Crippen LogP contribution in [-0.2, 0) is 25.6 Å². The lowest BCUT2D eigenvalue weighted by Crippen LogP contribution is -2.46. The van der Waals surface area contributed by atoms with Gasteiger partial charge in [0.15, 0.2) is 11.5 Å². The van der Waals surface area contributed by atoms with E-state index in [0.717, 1.165) is 51.3 Å². The molecule has 0 unspecified atom stereocenters. The minimum Gasteiger partial charge on any atom is -0.493 e. The number of hydrogen-bond donors (Lipinski definition) is 0. The van der Waals surface area contributed by atoms with Gasteiger partial charge in [-0.15, -0.1) is 0 Å². The molecule has 1 aliphatic rings. The highest BCUT2D eigenvalue weighted by molar-refractivity contribution is 5.69. The zero-order valence-electron chi connectivity index (χ0n) is 21.1. The summed E-state index contributed by atoms with van der Waals surface area (Å²) in [6.45, 7) is 10.2. The van der Waals surface area contributed by atoms with Gasteiger partial charge in [-0.1, -0.05) is 6.07 Å². The van der Waals surface area contributed by atoms with E-state index in [1.807, 2.05) is 19.1 Å². The lowest BCUT2D eigenvalue weighted by atomic mass is 10.1. The zero-order chi connectivity index (χ0) is 24.8. The van der Waals surface area contributed by atoms with E-state index in [0.29, 0.717) is 56.3 Å². The van der Waals surface area contributed by atoms with E-state index in [2.05, 4.69) is 9.80 Å². The molecule has 0 amide bonds. The van der Waals surface area contributed by atoms with E-state index in [1.165, 1.54) is 0 Å². The Morgan fingerprint density at radius 2 is 1.44 bits per heavy atom. The standard InChI is InChI=1S/C25H40N2O7/c1-5-32-22(28)9-7-13-26-14-16-27(17-15-26)19-20-11-12-21(30-3)25(31-4)24(20)34-18-8-10-23(29)33-6-2/h11-12H,5-10,13-19H2,1-4H3. The molecule has 0 spiro atoms. The average molecular weight is 481 g/mol. The van der Waals surface area contributed by atoms with Gasteiger partial charge in [0.25, 0.3) is 0 Å². The van der Waals surface area contributed by atoms with E-state index in [4.69, 9.17) is 23.7 Å². The van der Waals surface area contributed by atoms with Crippen molar-refractivity contribution in [3.63, 3.8) is 0 Å². The number of carbonyl (C=O) groups excluding carboxylic acids is 2. The van der Waals surface area contributed by atoms with Crippen molar-refractivity contribution < 1.29 is 33.3 Å². The average Bonchev–Trinajstić information content (AvgIpc) is 2.83. The predicted octanol–water partition coefficient (Wildman–Crippen LogP) is 2.89. The number of nitrogens with zero attached hydrogens (tertiary/aromatic N) is 2. The first-order valence-corrected chi connectivity index (χ1v) is 12.1. The number of hydrogen-bond acceptors (Lipinski definition) is 9. The summed E-state index contributed by atoms with van der Waals surface area (Å²) in [5.41, 5.74) is 1.02. The topological polar surface area (TPSA) is 86.8 Å². The van der Waals surface area contributed by atoms with Crippen molar-refractivity contribution in [1.82, 2.24) is 9.80 Å². The maximum Gasteiger partial charge on any atom is 0.305 e. The highest BCUT2D eigenvalue weighted by atomic mass is 16.5. The van der Waals surface area contributed by atoms with Gasteiger partial charge < -0.3 is 28.6 Å². The number of benzene rings is 1. The Bertz CT molecular complexity index is 764. The monoisotopic (exact) mass is 480 g/mol. The van der Waals surface area contributed by atoms with Gasteiger partial charge >= 0.3 is 11.9 Å². The third-order valence-electron chi connectivity index (χ3n) is 5.68. The maximum atomic E-state index is 11.6. The van der Waals surface area contributed by atoms with Crippen molar-refractivity contribution in [1.29, 1.82) is 0 Å². The SMILES string of the molecule is CCOC(=O)CCCOc1c(CN2CCN(CCCC(=O)OCC)CC2)ccc(OC)c1OC. The Morgan fingerprint density at radius 3 is 2.03 bits per heavy atom. The number of rotatable bonds is 15. The van der Waals surface area contributed by atoms with Crippen LogP contribution in [0.2, 0.25) is 0 Å². The maximum absolute atomic E-state index is 11.6. The largest absolute Gasteiger partial charge is 0.493 e. The first-order chi connectivity index (χ1) is 16.5. The molecule has 1 aliphatic heterocycles. The Balaban J connectivity index is 1.91. The third-order valence-corrected chi connectivity index (χ3v) is 5.68. The van der Waals surface area contributed by atoms with Crippen molar-refractivity contribution in [2.75, 3.05) is 66.8 Å². The summed E-state index contributed by atoms with van der Waals surface area (Å²) in [7, 11) is 3.20. The highest BCUT2D eigenvalue weighted by Gasteiger charge is 2.22. The van der Waals surface area contributed by atoms with Crippen LogP contribution in [0.5, 0.6) is 17.2 Å². The molecule has 192 valence electrons. The molecule has 1 aromatic rings. The number of ether oxygens (including phenoxy) is 5. The summed E-state index contributed by atoms with van der Waals surface area (Å²) in [6.07, 6.45) is 2.16. The predicted molar refractivity (Wildman–Crippen MR) is 128 cm³/mol. The molecular formula is C25H40N2O7. The Kier molecular flexibility index (Phi) is 12.6. The van der Waals surface area contributed by atoms with Crippen LogP contribution in [0.15, 0.2) is 12.1 Å². The number of esters is 2. The summed E-state index contributed by atoms with van der Waals surface area (Å²) in [6, 6.07) is 3.90. The molecule has 0 saturated carbocycles. The smallest absolute Gasteiger partial charge is 0.305 e. The minimum absolute atomic E-state index is 0.121. The zero-order valence-corrected chi connectivity index (χ0v) is 21.1. The summed E-state index contributed by atoms with van der Waals surface area (Å²) in [5.74, 6) is 1.49. The molecule has 0 bridgehead atoms. The van der Waals surface area contributed by atoms with Gasteiger partial charge in [0, 0.05) is 51.1 Å². The molecule has 1 saturated heterocycles. The summed E-state index contributed by atoms with van der Waals surface area (Å²) >= 11 is 0. The second-order valence-corrected chi connectivity index (χ2v) is 8.07. The van der Waals surface area contributed by atoms with Crippen molar-refractivity contribution in [3.8, 4) is 17.2 Å². The van der Waals surface area contributed by atoms with Crippen LogP contribution < -0.4 is 14.2 Å². The van der Waals surface area contributed by atoms with Crippen molar-refractivity contribution in [3.05, 3.63) is 17.7 Å². The Morgan fingerprint density at radius 1 is 0.824 bits per heavy atom. The molecule has 1 fully saturated rings. The number of methoxy groups -OCH3 is 2. The van der Waals surface area contributed by atoms with Gasteiger partial charge in [-0.2, -0.15) is 0 Å². The van der Waals surface area contributed by atoms with Crippen LogP contribution in [-0.4, -0.2) is 88.5 Å². The number of carbonyl (C=O) groups is 2. The first-order valence-electron chi connectivity index (χ1n) is 12.1. The molecule has 9 nitrogen and oxygen atoms in total. The van der Waals surface area contributed by atoms with Crippen LogP contribution in [0.4, 0.5) is 0 Å². The molecule has 0 radical (unpaired) electrons. The molecule has 0 N–H and O–H groups in total. The van der Waals surface area contributed by atoms with E-state index >= 15 is 0 Å². The fourth-order valence-electron chi connectivity index (χ4n) is 3.94. The second-order valence-electron chi connectivity index (χ2n) is 8.07. The third kappa shape index (κ3) is 9.02. The lowest BCUT2D eigenvalue weighted by molar-refractivity contribution is -0.144.